The van der Waals surface area contributed by atoms with Crippen molar-refractivity contribution in [1.82, 2.24) is 9.78 Å². The van der Waals surface area contributed by atoms with Crippen molar-refractivity contribution in [3.63, 3.8) is 0 Å². The maximum atomic E-state index is 13.6. The Labute approximate surface area is 157 Å². The molecule has 1 unspecified atom stereocenters. The van der Waals surface area contributed by atoms with Crippen molar-refractivity contribution in [3.8, 4) is 11.4 Å². The highest BCUT2D eigenvalue weighted by atomic mass is 19.3. The van der Waals surface area contributed by atoms with Gasteiger partial charge in [0.1, 0.15) is 17.5 Å². The molecule has 27 heavy (non-hydrogen) atoms. The van der Waals surface area contributed by atoms with Gasteiger partial charge in [0.05, 0.1) is 11.4 Å². The van der Waals surface area contributed by atoms with E-state index in [1.807, 2.05) is 62.4 Å². The molecule has 0 amide bonds. The predicted octanol–water partition coefficient (Wildman–Crippen LogP) is 5.88. The molecule has 140 valence electrons. The highest BCUT2D eigenvalue weighted by Crippen LogP contribution is 2.39. The van der Waals surface area contributed by atoms with E-state index >= 15 is 0 Å². The van der Waals surface area contributed by atoms with Crippen molar-refractivity contribution in [3.05, 3.63) is 76.6 Å². The Balaban J connectivity index is 1.80. The summed E-state index contributed by atoms with van der Waals surface area (Å²) in [4.78, 5) is 0. The first kappa shape index (κ1) is 17.7. The molecule has 1 aromatic heterocycles. The molecular formula is C22H22F2N2O. The fourth-order valence-electron chi connectivity index (χ4n) is 3.70. The molecule has 0 fully saturated rings. The number of benzene rings is 2. The van der Waals surface area contributed by atoms with Gasteiger partial charge in [-0.2, -0.15) is 5.10 Å². The molecule has 3 aromatic rings. The third-order valence-corrected chi connectivity index (χ3v) is 5.00. The maximum Gasteiger partial charge on any atom is 0.282 e. The number of fused-ring (bicyclic) bond motifs is 1. The highest BCUT2D eigenvalue weighted by Gasteiger charge is 2.33. The first-order valence-corrected chi connectivity index (χ1v) is 9.23. The van der Waals surface area contributed by atoms with Crippen LogP contribution < -0.4 is 4.74 Å². The zero-order valence-corrected chi connectivity index (χ0v) is 15.5. The smallest absolute Gasteiger partial charge is 0.282 e. The molecule has 0 radical (unpaired) electrons. The zero-order chi connectivity index (χ0) is 19.0. The Kier molecular flexibility index (Phi) is 4.68. The number of halogens is 2. The second-order valence-electron chi connectivity index (χ2n) is 7.11. The van der Waals surface area contributed by atoms with Gasteiger partial charge in [-0.05, 0) is 62.9 Å². The van der Waals surface area contributed by atoms with Crippen LogP contribution in [0.25, 0.3) is 5.69 Å². The van der Waals surface area contributed by atoms with E-state index < -0.39 is 6.43 Å². The number of ether oxygens (including phenoxy) is 1. The second kappa shape index (κ2) is 7.14. The quantitative estimate of drug-likeness (QED) is 0.575. The van der Waals surface area contributed by atoms with E-state index in [1.165, 1.54) is 0 Å². The van der Waals surface area contributed by atoms with E-state index in [-0.39, 0.29) is 11.8 Å². The van der Waals surface area contributed by atoms with Gasteiger partial charge in [0.15, 0.2) is 0 Å². The SMILES string of the molecule is Cc1ccc(OC2CCCc3c(C(F)F)nn(-c4cccc(C)c4)c32)cc1. The molecule has 1 aliphatic rings. The number of nitrogens with zero attached hydrogens (tertiary/aromatic N) is 2. The van der Waals surface area contributed by atoms with Gasteiger partial charge in [-0.3, -0.25) is 0 Å². The van der Waals surface area contributed by atoms with Crippen molar-refractivity contribution in [1.29, 1.82) is 0 Å². The summed E-state index contributed by atoms with van der Waals surface area (Å²) in [5.41, 5.74) is 4.26. The normalized spacial score (nSPS) is 16.4. The average Bonchev–Trinajstić information content (AvgIpc) is 3.05. The Hall–Kier alpha value is -2.69. The lowest BCUT2D eigenvalue weighted by Gasteiger charge is -2.25. The summed E-state index contributed by atoms with van der Waals surface area (Å²) in [6.07, 6.45) is -0.696. The van der Waals surface area contributed by atoms with Gasteiger partial charge < -0.3 is 4.74 Å². The first-order valence-electron chi connectivity index (χ1n) is 9.23. The Morgan fingerprint density at radius 1 is 1.07 bits per heavy atom. The lowest BCUT2D eigenvalue weighted by atomic mass is 9.93. The summed E-state index contributed by atoms with van der Waals surface area (Å²) < 4.78 is 35.2. The molecular weight excluding hydrogens is 346 g/mol. The van der Waals surface area contributed by atoms with Gasteiger partial charge in [0.2, 0.25) is 0 Å². The number of hydrogen-bond acceptors (Lipinski definition) is 2. The lowest BCUT2D eigenvalue weighted by molar-refractivity contribution is 0.143. The predicted molar refractivity (Wildman–Crippen MR) is 101 cm³/mol. The zero-order valence-electron chi connectivity index (χ0n) is 15.5. The van der Waals surface area contributed by atoms with E-state index in [4.69, 9.17) is 4.74 Å². The first-order chi connectivity index (χ1) is 13.0. The fraction of sp³-hybridized carbons (Fsp3) is 0.318. The van der Waals surface area contributed by atoms with Gasteiger partial charge in [0, 0.05) is 5.56 Å². The number of aryl methyl sites for hydroxylation is 2. The van der Waals surface area contributed by atoms with Crippen LogP contribution in [0.2, 0.25) is 0 Å². The number of alkyl halides is 2. The lowest BCUT2D eigenvalue weighted by Crippen LogP contribution is -2.19. The molecule has 3 nitrogen and oxygen atoms in total. The number of rotatable bonds is 4. The van der Waals surface area contributed by atoms with Crippen LogP contribution in [0.1, 0.15) is 53.4 Å². The summed E-state index contributed by atoms with van der Waals surface area (Å²) >= 11 is 0. The van der Waals surface area contributed by atoms with E-state index in [0.29, 0.717) is 12.0 Å². The standard InChI is InChI=1S/C22H22F2N2O/c1-14-9-11-17(12-10-14)27-19-8-4-7-18-20(22(23)24)25-26(21(18)19)16-6-3-5-15(2)13-16/h3,5-6,9-13,19,22H,4,7-8H2,1-2H3. The van der Waals surface area contributed by atoms with Crippen LogP contribution in [0.5, 0.6) is 5.75 Å². The van der Waals surface area contributed by atoms with Gasteiger partial charge >= 0.3 is 0 Å². The molecule has 0 spiro atoms. The van der Waals surface area contributed by atoms with Gasteiger partial charge in [-0.1, -0.05) is 29.8 Å². The van der Waals surface area contributed by atoms with Gasteiger partial charge in [0.25, 0.3) is 6.43 Å². The van der Waals surface area contributed by atoms with Crippen molar-refractivity contribution in [2.24, 2.45) is 0 Å². The van der Waals surface area contributed by atoms with Crippen LogP contribution in [0.3, 0.4) is 0 Å². The van der Waals surface area contributed by atoms with Crippen LogP contribution in [-0.2, 0) is 6.42 Å². The monoisotopic (exact) mass is 368 g/mol. The van der Waals surface area contributed by atoms with Crippen molar-refractivity contribution >= 4 is 0 Å². The third kappa shape index (κ3) is 3.46. The summed E-state index contributed by atoms with van der Waals surface area (Å²) in [5, 5.41) is 4.30. The van der Waals surface area contributed by atoms with Crippen LogP contribution in [0, 0.1) is 13.8 Å². The van der Waals surface area contributed by atoms with E-state index in [9.17, 15) is 8.78 Å². The summed E-state index contributed by atoms with van der Waals surface area (Å²) in [6.45, 7) is 4.00. The fourth-order valence-corrected chi connectivity index (χ4v) is 3.70. The molecule has 0 N–H and O–H groups in total. The minimum atomic E-state index is -2.59. The minimum absolute atomic E-state index is 0.122. The highest BCUT2D eigenvalue weighted by molar-refractivity contribution is 5.42. The molecule has 1 heterocycles. The molecule has 0 bridgehead atoms. The summed E-state index contributed by atoms with van der Waals surface area (Å²) in [6, 6.07) is 15.6. The van der Waals surface area contributed by atoms with Crippen molar-refractivity contribution in [2.75, 3.05) is 0 Å². The Morgan fingerprint density at radius 3 is 2.56 bits per heavy atom. The topological polar surface area (TPSA) is 27.1 Å². The molecule has 5 heteroatoms. The molecule has 4 rings (SSSR count). The Bertz CT molecular complexity index is 947. The third-order valence-electron chi connectivity index (χ3n) is 5.00. The van der Waals surface area contributed by atoms with E-state index in [1.54, 1.807) is 4.68 Å². The van der Waals surface area contributed by atoms with E-state index in [0.717, 1.165) is 41.1 Å². The largest absolute Gasteiger partial charge is 0.484 e. The molecule has 2 aromatic carbocycles. The van der Waals surface area contributed by atoms with Gasteiger partial charge in [-0.15, -0.1) is 0 Å². The molecule has 0 aliphatic heterocycles. The summed E-state index contributed by atoms with van der Waals surface area (Å²) in [5.74, 6) is 0.744. The number of aromatic nitrogens is 2. The van der Waals surface area contributed by atoms with Crippen LogP contribution >= 0.6 is 0 Å². The molecule has 1 atom stereocenters. The second-order valence-corrected chi connectivity index (χ2v) is 7.11. The van der Waals surface area contributed by atoms with Gasteiger partial charge in [-0.25, -0.2) is 13.5 Å². The van der Waals surface area contributed by atoms with E-state index in [2.05, 4.69) is 5.10 Å². The summed E-state index contributed by atoms with van der Waals surface area (Å²) in [7, 11) is 0. The molecule has 0 saturated heterocycles. The minimum Gasteiger partial charge on any atom is -0.484 e. The van der Waals surface area contributed by atoms with Crippen LogP contribution in [0.15, 0.2) is 48.5 Å². The van der Waals surface area contributed by atoms with Crippen molar-refractivity contribution < 1.29 is 13.5 Å². The Morgan fingerprint density at radius 2 is 1.85 bits per heavy atom. The average molecular weight is 368 g/mol. The van der Waals surface area contributed by atoms with Crippen LogP contribution in [0.4, 0.5) is 8.78 Å². The maximum absolute atomic E-state index is 13.6. The number of hydrogen-bond donors (Lipinski definition) is 0. The molecule has 1 aliphatic carbocycles. The molecule has 0 saturated carbocycles. The van der Waals surface area contributed by atoms with Crippen LogP contribution in [-0.4, -0.2) is 9.78 Å². The van der Waals surface area contributed by atoms with Crippen molar-refractivity contribution in [2.45, 2.75) is 45.6 Å².